The summed E-state index contributed by atoms with van der Waals surface area (Å²) in [6.45, 7) is 0.404. The number of nitrogens with one attached hydrogen (secondary N) is 2. The fourth-order valence-electron chi connectivity index (χ4n) is 2.13. The van der Waals surface area contributed by atoms with Gasteiger partial charge < -0.3 is 10.4 Å². The highest BCUT2D eigenvalue weighted by Crippen LogP contribution is 2.15. The Balaban J connectivity index is 1.71. The Bertz CT molecular complexity index is 776. The van der Waals surface area contributed by atoms with Crippen molar-refractivity contribution < 1.29 is 18.3 Å². The predicted molar refractivity (Wildman–Crippen MR) is 91.1 cm³/mol. The summed E-state index contributed by atoms with van der Waals surface area (Å²) in [5, 5.41) is 12.3. The van der Waals surface area contributed by atoms with Crippen LogP contribution < -0.4 is 10.0 Å². The number of phenolic OH excluding ortho intramolecular Hbond substituents is 1. The van der Waals surface area contributed by atoms with Crippen LogP contribution in [0.25, 0.3) is 0 Å². The van der Waals surface area contributed by atoms with E-state index in [2.05, 4.69) is 10.0 Å². The van der Waals surface area contributed by atoms with Crippen molar-refractivity contribution in [3.63, 3.8) is 0 Å². The van der Waals surface area contributed by atoms with E-state index in [1.807, 2.05) is 6.07 Å². The highest BCUT2D eigenvalue weighted by molar-refractivity contribution is 7.89. The first-order valence-corrected chi connectivity index (χ1v) is 9.05. The van der Waals surface area contributed by atoms with E-state index in [0.29, 0.717) is 13.0 Å². The molecular weight excluding hydrogens is 328 g/mol. The molecule has 2 aromatic rings. The SMILES string of the molecule is O=C(CCNS(=O)(=O)c1ccccc1)NCCc1ccccc1O. The van der Waals surface area contributed by atoms with Crippen molar-refractivity contribution in [1.29, 1.82) is 0 Å². The van der Waals surface area contributed by atoms with E-state index in [4.69, 9.17) is 0 Å². The van der Waals surface area contributed by atoms with Gasteiger partial charge in [-0.1, -0.05) is 36.4 Å². The molecule has 1 amide bonds. The van der Waals surface area contributed by atoms with Gasteiger partial charge in [-0.2, -0.15) is 0 Å². The summed E-state index contributed by atoms with van der Waals surface area (Å²) in [7, 11) is -3.59. The lowest BCUT2D eigenvalue weighted by Crippen LogP contribution is -2.31. The number of aromatic hydroxyl groups is 1. The Hall–Kier alpha value is -2.38. The molecule has 2 aromatic carbocycles. The van der Waals surface area contributed by atoms with Crippen LogP contribution in [0.5, 0.6) is 5.75 Å². The molecule has 0 bridgehead atoms. The van der Waals surface area contributed by atoms with Gasteiger partial charge in [0.1, 0.15) is 5.75 Å². The largest absolute Gasteiger partial charge is 0.508 e. The zero-order chi connectivity index (χ0) is 17.4. The molecule has 24 heavy (non-hydrogen) atoms. The van der Waals surface area contributed by atoms with Crippen molar-refractivity contribution in [2.24, 2.45) is 0 Å². The highest BCUT2D eigenvalue weighted by Gasteiger charge is 2.13. The molecule has 0 aliphatic rings. The number of para-hydroxylation sites is 1. The van der Waals surface area contributed by atoms with Crippen LogP contribution in [0, 0.1) is 0 Å². The standard InChI is InChI=1S/C17H20N2O4S/c20-16-9-5-4-6-14(16)10-12-18-17(21)11-13-19-24(22,23)15-7-2-1-3-8-15/h1-9,19-20H,10-13H2,(H,18,21). The van der Waals surface area contributed by atoms with Gasteiger partial charge >= 0.3 is 0 Å². The van der Waals surface area contributed by atoms with Gasteiger partial charge in [-0.05, 0) is 30.2 Å². The molecule has 2 rings (SSSR count). The quantitative estimate of drug-likeness (QED) is 0.672. The lowest BCUT2D eigenvalue weighted by atomic mass is 10.1. The summed E-state index contributed by atoms with van der Waals surface area (Å²) < 4.78 is 26.4. The second-order valence-electron chi connectivity index (χ2n) is 5.19. The molecular formula is C17H20N2O4S. The molecule has 0 saturated heterocycles. The Morgan fingerprint density at radius 2 is 1.62 bits per heavy atom. The van der Waals surface area contributed by atoms with Crippen molar-refractivity contribution in [1.82, 2.24) is 10.0 Å². The minimum absolute atomic E-state index is 0.0274. The van der Waals surface area contributed by atoms with Crippen molar-refractivity contribution in [2.75, 3.05) is 13.1 Å². The average Bonchev–Trinajstić information content (AvgIpc) is 2.57. The summed E-state index contributed by atoms with van der Waals surface area (Å²) in [4.78, 5) is 11.9. The number of sulfonamides is 1. The molecule has 7 heteroatoms. The number of hydrogen-bond donors (Lipinski definition) is 3. The van der Waals surface area contributed by atoms with Gasteiger partial charge in [-0.15, -0.1) is 0 Å². The number of hydrogen-bond acceptors (Lipinski definition) is 4. The van der Waals surface area contributed by atoms with E-state index >= 15 is 0 Å². The first-order chi connectivity index (χ1) is 11.5. The fourth-order valence-corrected chi connectivity index (χ4v) is 3.18. The van der Waals surface area contributed by atoms with E-state index in [0.717, 1.165) is 5.56 Å². The van der Waals surface area contributed by atoms with Crippen LogP contribution in [0.15, 0.2) is 59.5 Å². The minimum Gasteiger partial charge on any atom is -0.508 e. The number of carbonyl (C=O) groups is 1. The maximum atomic E-state index is 12.0. The van der Waals surface area contributed by atoms with E-state index in [1.165, 1.54) is 12.1 Å². The van der Waals surface area contributed by atoms with Crippen molar-refractivity contribution >= 4 is 15.9 Å². The maximum Gasteiger partial charge on any atom is 0.240 e. The van der Waals surface area contributed by atoms with Crippen LogP contribution >= 0.6 is 0 Å². The third-order valence-corrected chi connectivity index (χ3v) is 4.88. The molecule has 0 radical (unpaired) electrons. The molecule has 6 nitrogen and oxygen atoms in total. The van der Waals surface area contributed by atoms with Gasteiger partial charge in [0, 0.05) is 19.5 Å². The zero-order valence-electron chi connectivity index (χ0n) is 13.1. The van der Waals surface area contributed by atoms with Crippen LogP contribution in [-0.4, -0.2) is 32.5 Å². The lowest BCUT2D eigenvalue weighted by Gasteiger charge is -2.08. The third kappa shape index (κ3) is 5.36. The summed E-state index contributed by atoms with van der Waals surface area (Å²) in [5.41, 5.74) is 0.752. The van der Waals surface area contributed by atoms with Gasteiger partial charge in [-0.3, -0.25) is 4.79 Å². The Morgan fingerprint density at radius 1 is 0.958 bits per heavy atom. The minimum atomic E-state index is -3.59. The van der Waals surface area contributed by atoms with Crippen LogP contribution in [0.1, 0.15) is 12.0 Å². The Morgan fingerprint density at radius 3 is 2.33 bits per heavy atom. The van der Waals surface area contributed by atoms with Crippen LogP contribution in [-0.2, 0) is 21.2 Å². The van der Waals surface area contributed by atoms with Crippen LogP contribution in [0.3, 0.4) is 0 Å². The van der Waals surface area contributed by atoms with E-state index < -0.39 is 10.0 Å². The molecule has 128 valence electrons. The number of amides is 1. The van der Waals surface area contributed by atoms with E-state index in [9.17, 15) is 18.3 Å². The average molecular weight is 348 g/mol. The molecule has 0 fully saturated rings. The van der Waals surface area contributed by atoms with Gasteiger partial charge in [0.15, 0.2) is 0 Å². The molecule has 0 aromatic heterocycles. The third-order valence-electron chi connectivity index (χ3n) is 3.41. The summed E-state index contributed by atoms with van der Waals surface area (Å²) in [6.07, 6.45) is 0.557. The van der Waals surface area contributed by atoms with E-state index in [-0.39, 0.29) is 29.5 Å². The molecule has 0 atom stereocenters. The summed E-state index contributed by atoms with van der Waals surface area (Å²) >= 11 is 0. The van der Waals surface area contributed by atoms with Crippen molar-refractivity contribution in [2.45, 2.75) is 17.7 Å². The van der Waals surface area contributed by atoms with Gasteiger partial charge in [0.25, 0.3) is 0 Å². The number of phenols is 1. The summed E-state index contributed by atoms with van der Waals surface area (Å²) in [6, 6.07) is 14.9. The topological polar surface area (TPSA) is 95.5 Å². The molecule has 0 saturated carbocycles. The molecule has 0 heterocycles. The van der Waals surface area contributed by atoms with Gasteiger partial charge in [-0.25, -0.2) is 13.1 Å². The highest BCUT2D eigenvalue weighted by atomic mass is 32.2. The Kier molecular flexibility index (Phi) is 6.34. The number of benzene rings is 2. The zero-order valence-corrected chi connectivity index (χ0v) is 13.9. The second kappa shape index (κ2) is 8.47. The first kappa shape index (κ1) is 18.0. The monoisotopic (exact) mass is 348 g/mol. The van der Waals surface area contributed by atoms with E-state index in [1.54, 1.807) is 36.4 Å². The maximum absolute atomic E-state index is 12.0. The molecule has 0 aliphatic carbocycles. The molecule has 0 aliphatic heterocycles. The molecule has 0 spiro atoms. The molecule has 3 N–H and O–H groups in total. The number of carbonyl (C=O) groups excluding carboxylic acids is 1. The fraction of sp³-hybridized carbons (Fsp3) is 0.235. The molecule has 0 unspecified atom stereocenters. The smallest absolute Gasteiger partial charge is 0.240 e. The van der Waals surface area contributed by atoms with Gasteiger partial charge in [0.2, 0.25) is 15.9 Å². The second-order valence-corrected chi connectivity index (χ2v) is 6.96. The number of rotatable bonds is 8. The van der Waals surface area contributed by atoms with Gasteiger partial charge in [0.05, 0.1) is 4.90 Å². The van der Waals surface area contributed by atoms with Crippen LogP contribution in [0.4, 0.5) is 0 Å². The lowest BCUT2D eigenvalue weighted by molar-refractivity contribution is -0.120. The predicted octanol–water partition coefficient (Wildman–Crippen LogP) is 1.42. The van der Waals surface area contributed by atoms with Crippen molar-refractivity contribution in [3.8, 4) is 5.75 Å². The van der Waals surface area contributed by atoms with Crippen molar-refractivity contribution in [3.05, 3.63) is 60.2 Å². The first-order valence-electron chi connectivity index (χ1n) is 7.57. The normalized spacial score (nSPS) is 11.2. The van der Waals surface area contributed by atoms with Crippen LogP contribution in [0.2, 0.25) is 0 Å². The Labute approximate surface area is 141 Å². The summed E-state index contributed by atoms with van der Waals surface area (Å²) in [5.74, 6) is -0.0523.